The minimum atomic E-state index is -0.718. The van der Waals surface area contributed by atoms with Gasteiger partial charge in [0.25, 0.3) is 0 Å². The first-order valence-corrected chi connectivity index (χ1v) is 16.6. The number of nitrogens with zero attached hydrogens (tertiary/aromatic N) is 3. The van der Waals surface area contributed by atoms with Crippen molar-refractivity contribution in [2.75, 3.05) is 6.61 Å². The monoisotopic (exact) mass is 655 g/mol. The number of hydrogen-bond acceptors (Lipinski definition) is 6. The molecule has 0 aromatic heterocycles. The van der Waals surface area contributed by atoms with E-state index in [0.717, 1.165) is 27.8 Å². The molecule has 1 fully saturated rings. The summed E-state index contributed by atoms with van der Waals surface area (Å²) in [6, 6.07) is 49.0. The minimum absolute atomic E-state index is 0.221. The van der Waals surface area contributed by atoms with Gasteiger partial charge in [0.1, 0.15) is 24.4 Å². The molecule has 1 aliphatic heterocycles. The molecule has 0 saturated carbocycles. The Morgan fingerprint density at radius 2 is 0.939 bits per heavy atom. The molecule has 0 unspecified atom stereocenters. The van der Waals surface area contributed by atoms with Crippen molar-refractivity contribution >= 4 is 0 Å². The molecule has 250 valence electrons. The highest BCUT2D eigenvalue weighted by molar-refractivity contribution is 5.23. The lowest BCUT2D eigenvalue weighted by Crippen LogP contribution is -2.62. The first kappa shape index (κ1) is 34.1. The number of rotatable bonds is 16. The molecule has 0 amide bonds. The van der Waals surface area contributed by atoms with Crippen LogP contribution in [0.3, 0.4) is 0 Å². The van der Waals surface area contributed by atoms with E-state index in [0.29, 0.717) is 26.4 Å². The molecule has 5 aromatic rings. The van der Waals surface area contributed by atoms with Crippen molar-refractivity contribution in [1.82, 2.24) is 0 Å². The van der Waals surface area contributed by atoms with Gasteiger partial charge in [0, 0.05) is 4.91 Å². The van der Waals surface area contributed by atoms with Crippen molar-refractivity contribution in [3.05, 3.63) is 190 Å². The average Bonchev–Trinajstić information content (AvgIpc) is 3.17. The zero-order valence-electron chi connectivity index (χ0n) is 27.3. The molecule has 0 bridgehead atoms. The Morgan fingerprint density at radius 1 is 0.531 bits per heavy atom. The molecule has 1 heterocycles. The second-order valence-electron chi connectivity index (χ2n) is 12.0. The SMILES string of the molecule is [N-]=[N+]=N[C@@H](c1ccccc1)[C@@H]1O[C@H](COCc2ccccc2)[C@@H](OCc2ccccc2)[C@H](OCc2ccccc2)[C@H]1OCc1ccccc1. The van der Waals surface area contributed by atoms with Gasteiger partial charge in [0.15, 0.2) is 0 Å². The van der Waals surface area contributed by atoms with Crippen LogP contribution in [0.4, 0.5) is 0 Å². The van der Waals surface area contributed by atoms with Crippen LogP contribution in [0.1, 0.15) is 33.9 Å². The van der Waals surface area contributed by atoms with E-state index in [2.05, 4.69) is 10.0 Å². The Hall–Kier alpha value is -4.79. The topological polar surface area (TPSA) is 94.9 Å². The Morgan fingerprint density at radius 3 is 1.41 bits per heavy atom. The fourth-order valence-corrected chi connectivity index (χ4v) is 6.11. The van der Waals surface area contributed by atoms with Gasteiger partial charge in [0.2, 0.25) is 0 Å². The van der Waals surface area contributed by atoms with Crippen LogP contribution in [-0.4, -0.2) is 37.1 Å². The van der Waals surface area contributed by atoms with Crippen LogP contribution in [0, 0.1) is 0 Å². The van der Waals surface area contributed by atoms with Crippen molar-refractivity contribution < 1.29 is 23.7 Å². The summed E-state index contributed by atoms with van der Waals surface area (Å²) in [6.07, 6.45) is -3.17. The fourth-order valence-electron chi connectivity index (χ4n) is 6.11. The third-order valence-corrected chi connectivity index (χ3v) is 8.55. The number of azide groups is 1. The zero-order valence-corrected chi connectivity index (χ0v) is 27.3. The van der Waals surface area contributed by atoms with E-state index in [4.69, 9.17) is 23.7 Å². The van der Waals surface area contributed by atoms with E-state index in [1.807, 2.05) is 152 Å². The van der Waals surface area contributed by atoms with Crippen molar-refractivity contribution in [3.63, 3.8) is 0 Å². The lowest BCUT2D eigenvalue weighted by atomic mass is 9.88. The number of benzene rings is 5. The molecule has 6 rings (SSSR count). The summed E-state index contributed by atoms with van der Waals surface area (Å²) in [7, 11) is 0. The van der Waals surface area contributed by atoms with Crippen LogP contribution in [0.2, 0.25) is 0 Å². The average molecular weight is 656 g/mol. The van der Waals surface area contributed by atoms with E-state index < -0.39 is 36.6 Å². The Labute approximate surface area is 287 Å². The van der Waals surface area contributed by atoms with Gasteiger partial charge in [-0.2, -0.15) is 0 Å². The van der Waals surface area contributed by atoms with Gasteiger partial charge in [-0.25, -0.2) is 0 Å². The maximum atomic E-state index is 9.82. The first-order chi connectivity index (χ1) is 24.3. The molecule has 6 atom stereocenters. The molecule has 0 radical (unpaired) electrons. The third-order valence-electron chi connectivity index (χ3n) is 8.55. The van der Waals surface area contributed by atoms with Crippen LogP contribution in [0.5, 0.6) is 0 Å². The molecular formula is C41H41N3O5. The Balaban J connectivity index is 1.38. The van der Waals surface area contributed by atoms with Crippen LogP contribution in [-0.2, 0) is 50.1 Å². The predicted molar refractivity (Wildman–Crippen MR) is 188 cm³/mol. The first-order valence-electron chi connectivity index (χ1n) is 16.6. The third kappa shape index (κ3) is 9.65. The lowest BCUT2D eigenvalue weighted by molar-refractivity contribution is -0.276. The Kier molecular flexibility index (Phi) is 12.6. The highest BCUT2D eigenvalue weighted by Crippen LogP contribution is 2.38. The van der Waals surface area contributed by atoms with E-state index in [1.54, 1.807) is 0 Å². The summed E-state index contributed by atoms with van der Waals surface area (Å²) >= 11 is 0. The van der Waals surface area contributed by atoms with Crippen molar-refractivity contribution in [1.29, 1.82) is 0 Å². The summed E-state index contributed by atoms with van der Waals surface area (Å²) < 4.78 is 33.6. The van der Waals surface area contributed by atoms with E-state index in [1.165, 1.54) is 0 Å². The molecule has 1 aliphatic rings. The second-order valence-corrected chi connectivity index (χ2v) is 12.0. The van der Waals surface area contributed by atoms with Gasteiger partial charge >= 0.3 is 0 Å². The summed E-state index contributed by atoms with van der Waals surface area (Å²) in [4.78, 5) is 3.27. The molecule has 0 aliphatic carbocycles. The van der Waals surface area contributed by atoms with Gasteiger partial charge in [-0.05, 0) is 33.3 Å². The van der Waals surface area contributed by atoms with E-state index in [-0.39, 0.29) is 6.61 Å². The standard InChI is InChI=1S/C41H41N3O5/c42-44-43-37(35-24-14-5-15-25-35)39-41(48-29-34-22-12-4-13-23-34)40(47-28-33-20-10-3-11-21-33)38(46-27-32-18-8-2-9-19-32)36(49-39)30-45-26-31-16-6-1-7-17-31/h1-25,36-41H,26-30H2/t36-,37+,38-,39+,40+,41+/m1/s1. The van der Waals surface area contributed by atoms with Gasteiger partial charge in [-0.15, -0.1) is 0 Å². The molecule has 1 saturated heterocycles. The summed E-state index contributed by atoms with van der Waals surface area (Å²) in [5.74, 6) is 0. The molecule has 0 spiro atoms. The summed E-state index contributed by atoms with van der Waals surface area (Å²) in [6.45, 7) is 1.58. The van der Waals surface area contributed by atoms with Crippen LogP contribution in [0.25, 0.3) is 10.4 Å². The molecule has 8 nitrogen and oxygen atoms in total. The fraction of sp³-hybridized carbons (Fsp3) is 0.268. The van der Waals surface area contributed by atoms with Crippen LogP contribution >= 0.6 is 0 Å². The van der Waals surface area contributed by atoms with Crippen molar-refractivity contribution in [3.8, 4) is 0 Å². The van der Waals surface area contributed by atoms with E-state index in [9.17, 15) is 5.53 Å². The highest BCUT2D eigenvalue weighted by atomic mass is 16.6. The maximum Gasteiger partial charge on any atom is 0.115 e. The van der Waals surface area contributed by atoms with Gasteiger partial charge in [-0.1, -0.05) is 157 Å². The lowest BCUT2D eigenvalue weighted by Gasteiger charge is -2.48. The molecule has 0 N–H and O–H groups in total. The number of ether oxygens (including phenoxy) is 5. The van der Waals surface area contributed by atoms with E-state index >= 15 is 0 Å². The maximum absolute atomic E-state index is 9.82. The molecule has 49 heavy (non-hydrogen) atoms. The molecule has 5 aromatic carbocycles. The summed E-state index contributed by atoms with van der Waals surface area (Å²) in [5, 5.41) is 4.30. The largest absolute Gasteiger partial charge is 0.374 e. The minimum Gasteiger partial charge on any atom is -0.374 e. The molecular weight excluding hydrogens is 614 g/mol. The predicted octanol–water partition coefficient (Wildman–Crippen LogP) is 8.78. The van der Waals surface area contributed by atoms with Crippen molar-refractivity contribution in [2.45, 2.75) is 63.0 Å². The van der Waals surface area contributed by atoms with Gasteiger partial charge in [-0.3, -0.25) is 0 Å². The van der Waals surface area contributed by atoms with Gasteiger partial charge in [0.05, 0.1) is 45.2 Å². The zero-order chi connectivity index (χ0) is 33.5. The summed E-state index contributed by atoms with van der Waals surface area (Å²) in [5.41, 5.74) is 14.7. The molecule has 8 heteroatoms. The number of hydrogen-bond donors (Lipinski definition) is 0. The van der Waals surface area contributed by atoms with Crippen molar-refractivity contribution in [2.24, 2.45) is 5.11 Å². The second kappa shape index (κ2) is 18.1. The normalized spacial score (nSPS) is 21.0. The van der Waals surface area contributed by atoms with Crippen LogP contribution < -0.4 is 0 Å². The van der Waals surface area contributed by atoms with Crippen LogP contribution in [0.15, 0.2) is 157 Å². The smallest absolute Gasteiger partial charge is 0.115 e. The van der Waals surface area contributed by atoms with Gasteiger partial charge < -0.3 is 23.7 Å². The quantitative estimate of drug-likeness (QED) is 0.0602. The highest BCUT2D eigenvalue weighted by Gasteiger charge is 2.51. The Bertz CT molecular complexity index is 1710.